The van der Waals surface area contributed by atoms with E-state index in [-0.39, 0.29) is 32.7 Å². The Kier molecular flexibility index (Phi) is 10.7. The first-order valence-corrected chi connectivity index (χ1v) is 9.60. The average Bonchev–Trinajstić information content (AvgIpc) is 2.69. The molecule has 0 aliphatic heterocycles. The fourth-order valence-electron chi connectivity index (χ4n) is 2.57. The number of benzene rings is 1. The molecule has 0 saturated heterocycles. The van der Waals surface area contributed by atoms with E-state index < -0.39 is 35.3 Å². The molecule has 0 heterocycles. The summed E-state index contributed by atoms with van der Waals surface area (Å²) in [4.78, 5) is 57.7. The quantitative estimate of drug-likeness (QED) is 0.173. The molecule has 1 atom stereocenters. The van der Waals surface area contributed by atoms with E-state index in [1.54, 1.807) is 38.1 Å². The van der Waals surface area contributed by atoms with Gasteiger partial charge in [0.25, 0.3) is 0 Å². The maximum atomic E-state index is 12.5. The van der Waals surface area contributed by atoms with Gasteiger partial charge in [0.1, 0.15) is 12.8 Å². The van der Waals surface area contributed by atoms with E-state index in [4.69, 9.17) is 10.5 Å². The molecule has 31 heavy (non-hydrogen) atoms. The molecule has 0 aromatic heterocycles. The van der Waals surface area contributed by atoms with Crippen molar-refractivity contribution >= 4 is 30.0 Å². The molecule has 5 amide bonds. The van der Waals surface area contributed by atoms with E-state index in [2.05, 4.69) is 21.3 Å². The van der Waals surface area contributed by atoms with Crippen molar-refractivity contribution in [2.75, 3.05) is 19.8 Å². The van der Waals surface area contributed by atoms with Crippen molar-refractivity contribution in [3.05, 3.63) is 35.9 Å². The van der Waals surface area contributed by atoms with Crippen molar-refractivity contribution in [3.63, 3.8) is 0 Å². The van der Waals surface area contributed by atoms with Crippen LogP contribution in [-0.2, 0) is 35.1 Å². The summed E-state index contributed by atoms with van der Waals surface area (Å²) in [5.74, 6) is -2.15. The molecular weight excluding hydrogens is 406 g/mol. The lowest BCUT2D eigenvalue weighted by molar-refractivity contribution is -0.131. The van der Waals surface area contributed by atoms with Crippen LogP contribution in [0.2, 0.25) is 0 Å². The van der Waals surface area contributed by atoms with Crippen LogP contribution in [0.3, 0.4) is 0 Å². The van der Waals surface area contributed by atoms with Gasteiger partial charge in [-0.05, 0) is 19.4 Å². The van der Waals surface area contributed by atoms with E-state index in [9.17, 15) is 24.0 Å². The van der Waals surface area contributed by atoms with Crippen molar-refractivity contribution in [1.29, 1.82) is 0 Å². The molecule has 1 aromatic rings. The Morgan fingerprint density at radius 1 is 1.06 bits per heavy atom. The summed E-state index contributed by atoms with van der Waals surface area (Å²) in [5.41, 5.74) is 5.09. The SMILES string of the molecule is CC(C)(CC(N)=O)OCNC(=O)CNC(=O)C(Cc1ccccc1)NC(=O)CNC=O. The topological polar surface area (TPSA) is 169 Å². The number of carbonyl (C=O) groups is 5. The highest BCUT2D eigenvalue weighted by Crippen LogP contribution is 2.12. The molecule has 0 bridgehead atoms. The minimum Gasteiger partial charge on any atom is -0.370 e. The molecule has 6 N–H and O–H groups in total. The van der Waals surface area contributed by atoms with Crippen LogP contribution >= 0.6 is 0 Å². The van der Waals surface area contributed by atoms with E-state index >= 15 is 0 Å². The Morgan fingerprint density at radius 2 is 1.74 bits per heavy atom. The number of nitrogens with one attached hydrogen (secondary N) is 4. The predicted molar refractivity (Wildman–Crippen MR) is 111 cm³/mol. The number of nitrogens with two attached hydrogens (primary N) is 1. The first-order valence-electron chi connectivity index (χ1n) is 9.60. The number of hydrogen-bond donors (Lipinski definition) is 5. The monoisotopic (exact) mass is 435 g/mol. The van der Waals surface area contributed by atoms with Crippen LogP contribution in [0.25, 0.3) is 0 Å². The number of carbonyl (C=O) groups excluding carboxylic acids is 5. The van der Waals surface area contributed by atoms with Gasteiger partial charge >= 0.3 is 0 Å². The zero-order valence-electron chi connectivity index (χ0n) is 17.6. The summed E-state index contributed by atoms with van der Waals surface area (Å²) in [5, 5.41) is 9.67. The lowest BCUT2D eigenvalue weighted by atomic mass is 10.1. The van der Waals surface area contributed by atoms with E-state index in [1.807, 2.05) is 6.07 Å². The Hall–Kier alpha value is -3.47. The average molecular weight is 435 g/mol. The first-order chi connectivity index (χ1) is 14.6. The molecule has 1 unspecified atom stereocenters. The summed E-state index contributed by atoms with van der Waals surface area (Å²) in [6.45, 7) is 2.52. The molecular formula is C20H29N5O6. The fourth-order valence-corrected chi connectivity index (χ4v) is 2.57. The van der Waals surface area contributed by atoms with Crippen molar-refractivity contribution in [3.8, 4) is 0 Å². The fraction of sp³-hybridized carbons (Fsp3) is 0.450. The van der Waals surface area contributed by atoms with Gasteiger partial charge in [-0.2, -0.15) is 0 Å². The lowest BCUT2D eigenvalue weighted by Crippen LogP contribution is -2.51. The second-order valence-electron chi connectivity index (χ2n) is 7.32. The van der Waals surface area contributed by atoms with Crippen LogP contribution in [0.4, 0.5) is 0 Å². The van der Waals surface area contributed by atoms with Crippen LogP contribution in [-0.4, -0.2) is 61.5 Å². The largest absolute Gasteiger partial charge is 0.370 e. The minimum absolute atomic E-state index is 0.0145. The van der Waals surface area contributed by atoms with E-state index in [1.165, 1.54) is 0 Å². The van der Waals surface area contributed by atoms with E-state index in [0.29, 0.717) is 6.41 Å². The van der Waals surface area contributed by atoms with Crippen LogP contribution in [0.1, 0.15) is 25.8 Å². The molecule has 0 aliphatic rings. The first kappa shape index (κ1) is 25.6. The van der Waals surface area contributed by atoms with Crippen molar-refractivity contribution in [1.82, 2.24) is 21.3 Å². The van der Waals surface area contributed by atoms with Crippen LogP contribution < -0.4 is 27.0 Å². The summed E-state index contributed by atoms with van der Waals surface area (Å²) in [6, 6.07) is 8.08. The third-order valence-corrected chi connectivity index (χ3v) is 4.04. The third kappa shape index (κ3) is 11.3. The summed E-state index contributed by atoms with van der Waals surface area (Å²) in [6.07, 6.45) is 0.563. The molecule has 11 heteroatoms. The highest BCUT2D eigenvalue weighted by molar-refractivity contribution is 5.91. The smallest absolute Gasteiger partial charge is 0.243 e. The number of rotatable bonds is 14. The maximum Gasteiger partial charge on any atom is 0.243 e. The Bertz CT molecular complexity index is 769. The van der Waals surface area contributed by atoms with Gasteiger partial charge in [-0.3, -0.25) is 24.0 Å². The van der Waals surface area contributed by atoms with Crippen molar-refractivity contribution < 1.29 is 28.7 Å². The maximum absolute atomic E-state index is 12.5. The van der Waals surface area contributed by atoms with Crippen LogP contribution in [0, 0.1) is 0 Å². The number of primary amides is 1. The molecule has 1 aromatic carbocycles. The number of ether oxygens (including phenoxy) is 1. The second kappa shape index (κ2) is 13.0. The van der Waals surface area contributed by atoms with Gasteiger partial charge in [-0.15, -0.1) is 0 Å². The number of amides is 5. The number of hydrogen-bond acceptors (Lipinski definition) is 6. The highest BCUT2D eigenvalue weighted by Gasteiger charge is 2.23. The standard InChI is InChI=1S/C20H29N5O6/c1-20(2,9-16(21)27)31-13-24-17(28)11-23-19(30)15(25-18(29)10-22-12-26)8-14-6-4-3-5-7-14/h3-7,12,15H,8-11,13H2,1-2H3,(H2,21,27)(H,22,26)(H,23,30)(H,24,28)(H,25,29). The lowest BCUT2D eigenvalue weighted by Gasteiger charge is -2.24. The summed E-state index contributed by atoms with van der Waals surface area (Å²) < 4.78 is 5.40. The Morgan fingerprint density at radius 3 is 2.35 bits per heavy atom. The molecule has 0 fully saturated rings. The van der Waals surface area contributed by atoms with Gasteiger partial charge in [0.15, 0.2) is 0 Å². The molecule has 11 nitrogen and oxygen atoms in total. The Labute approximate surface area is 180 Å². The van der Waals surface area contributed by atoms with Gasteiger partial charge in [0.05, 0.1) is 25.1 Å². The minimum atomic E-state index is -0.943. The highest BCUT2D eigenvalue weighted by atomic mass is 16.5. The van der Waals surface area contributed by atoms with Crippen molar-refractivity contribution in [2.24, 2.45) is 5.73 Å². The van der Waals surface area contributed by atoms with Gasteiger partial charge in [0, 0.05) is 6.42 Å². The normalized spacial score (nSPS) is 11.7. The molecule has 0 radical (unpaired) electrons. The summed E-state index contributed by atoms with van der Waals surface area (Å²) in [7, 11) is 0. The third-order valence-electron chi connectivity index (χ3n) is 4.04. The Balaban J connectivity index is 2.56. The molecule has 1 rings (SSSR count). The zero-order chi connectivity index (χ0) is 23.3. The van der Waals surface area contributed by atoms with Gasteiger partial charge < -0.3 is 31.7 Å². The van der Waals surface area contributed by atoms with Crippen LogP contribution in [0.5, 0.6) is 0 Å². The van der Waals surface area contributed by atoms with Gasteiger partial charge in [0.2, 0.25) is 30.0 Å². The van der Waals surface area contributed by atoms with Gasteiger partial charge in [-0.1, -0.05) is 30.3 Å². The van der Waals surface area contributed by atoms with E-state index in [0.717, 1.165) is 5.56 Å². The van der Waals surface area contributed by atoms with Crippen LogP contribution in [0.15, 0.2) is 30.3 Å². The predicted octanol–water partition coefficient (Wildman–Crippen LogP) is -1.68. The zero-order valence-corrected chi connectivity index (χ0v) is 17.6. The molecule has 0 aliphatic carbocycles. The molecule has 0 saturated carbocycles. The van der Waals surface area contributed by atoms with Gasteiger partial charge in [-0.25, -0.2) is 0 Å². The summed E-state index contributed by atoms with van der Waals surface area (Å²) >= 11 is 0. The molecule has 170 valence electrons. The second-order valence-corrected chi connectivity index (χ2v) is 7.32. The molecule has 0 spiro atoms. The van der Waals surface area contributed by atoms with Crippen molar-refractivity contribution in [2.45, 2.75) is 38.3 Å².